The molecule has 1 aliphatic carbocycles. The molecule has 0 bridgehead atoms. The lowest BCUT2D eigenvalue weighted by molar-refractivity contribution is 0.450. The average molecular weight is 110 g/mol. The van der Waals surface area contributed by atoms with E-state index in [-0.39, 0.29) is 0 Å². The summed E-state index contributed by atoms with van der Waals surface area (Å²) in [5, 5.41) is 0. The van der Waals surface area contributed by atoms with Gasteiger partial charge >= 0.3 is 0 Å². The van der Waals surface area contributed by atoms with E-state index in [0.29, 0.717) is 0 Å². The molecule has 0 fully saturated rings. The Morgan fingerprint density at radius 2 is 2.38 bits per heavy atom. The Labute approximate surface area is 51.6 Å². The Morgan fingerprint density at radius 3 is 2.62 bits per heavy atom. The van der Waals surface area contributed by atoms with Gasteiger partial charge in [0.15, 0.2) is 0 Å². The standard InChI is InChI=1S/C8H14/c1-3-8-6-4-5-7(8)2/h4,6-8H,3,5H2,1-2H3. The maximum absolute atomic E-state index is 2.35. The van der Waals surface area contributed by atoms with E-state index in [1.54, 1.807) is 0 Å². The molecule has 0 amide bonds. The van der Waals surface area contributed by atoms with Crippen molar-refractivity contribution >= 4 is 0 Å². The summed E-state index contributed by atoms with van der Waals surface area (Å²) < 4.78 is 0. The van der Waals surface area contributed by atoms with Gasteiger partial charge in [0.1, 0.15) is 0 Å². The van der Waals surface area contributed by atoms with Gasteiger partial charge in [0.2, 0.25) is 0 Å². The van der Waals surface area contributed by atoms with Gasteiger partial charge in [-0.05, 0) is 24.7 Å². The third-order valence-corrected chi connectivity index (χ3v) is 2.09. The smallest absolute Gasteiger partial charge is 0.0207 e. The van der Waals surface area contributed by atoms with E-state index in [2.05, 4.69) is 26.0 Å². The second-order valence-corrected chi connectivity index (χ2v) is 2.71. The topological polar surface area (TPSA) is 0 Å². The van der Waals surface area contributed by atoms with Crippen LogP contribution < -0.4 is 0 Å². The summed E-state index contributed by atoms with van der Waals surface area (Å²) in [5.74, 6) is 1.80. The highest BCUT2D eigenvalue weighted by Crippen LogP contribution is 2.26. The quantitative estimate of drug-likeness (QED) is 0.455. The van der Waals surface area contributed by atoms with E-state index in [0.717, 1.165) is 11.8 Å². The van der Waals surface area contributed by atoms with Crippen LogP contribution in [0.5, 0.6) is 0 Å². The molecule has 0 aromatic carbocycles. The van der Waals surface area contributed by atoms with Crippen molar-refractivity contribution in [2.24, 2.45) is 11.8 Å². The van der Waals surface area contributed by atoms with Crippen molar-refractivity contribution in [3.05, 3.63) is 12.2 Å². The highest BCUT2D eigenvalue weighted by molar-refractivity contribution is 4.98. The summed E-state index contributed by atoms with van der Waals surface area (Å²) >= 11 is 0. The molecule has 0 N–H and O–H groups in total. The zero-order valence-corrected chi connectivity index (χ0v) is 5.72. The van der Waals surface area contributed by atoms with E-state index >= 15 is 0 Å². The highest BCUT2D eigenvalue weighted by atomic mass is 14.2. The van der Waals surface area contributed by atoms with Crippen molar-refractivity contribution in [1.29, 1.82) is 0 Å². The van der Waals surface area contributed by atoms with Gasteiger partial charge < -0.3 is 0 Å². The molecule has 0 aliphatic heterocycles. The maximum atomic E-state index is 2.35. The van der Waals surface area contributed by atoms with Crippen molar-refractivity contribution in [2.75, 3.05) is 0 Å². The van der Waals surface area contributed by atoms with Crippen LogP contribution in [0.15, 0.2) is 12.2 Å². The largest absolute Gasteiger partial charge is 0.0880 e. The first-order chi connectivity index (χ1) is 3.84. The molecule has 0 spiro atoms. The van der Waals surface area contributed by atoms with Crippen molar-refractivity contribution in [2.45, 2.75) is 26.7 Å². The summed E-state index contributed by atoms with van der Waals surface area (Å²) in [6.07, 6.45) is 7.28. The molecule has 0 aromatic heterocycles. The molecule has 0 radical (unpaired) electrons. The fourth-order valence-corrected chi connectivity index (χ4v) is 1.37. The van der Waals surface area contributed by atoms with Gasteiger partial charge in [0.05, 0.1) is 0 Å². The molecule has 1 aliphatic rings. The molecular weight excluding hydrogens is 96.1 g/mol. The number of hydrogen-bond donors (Lipinski definition) is 0. The van der Waals surface area contributed by atoms with Crippen LogP contribution in [-0.2, 0) is 0 Å². The molecule has 2 atom stereocenters. The van der Waals surface area contributed by atoms with Gasteiger partial charge in [-0.2, -0.15) is 0 Å². The molecule has 0 aromatic rings. The van der Waals surface area contributed by atoms with Crippen LogP contribution in [0.4, 0.5) is 0 Å². The van der Waals surface area contributed by atoms with Crippen LogP contribution >= 0.6 is 0 Å². The Bertz CT molecular complexity index is 92.2. The first kappa shape index (κ1) is 5.87. The second kappa shape index (κ2) is 2.34. The lowest BCUT2D eigenvalue weighted by Gasteiger charge is -2.09. The minimum Gasteiger partial charge on any atom is -0.0880 e. The summed E-state index contributed by atoms with van der Waals surface area (Å²) in [4.78, 5) is 0. The molecule has 8 heavy (non-hydrogen) atoms. The molecular formula is C8H14. The molecule has 0 heterocycles. The monoisotopic (exact) mass is 110 g/mol. The van der Waals surface area contributed by atoms with E-state index in [1.807, 2.05) is 0 Å². The van der Waals surface area contributed by atoms with Gasteiger partial charge in [-0.15, -0.1) is 0 Å². The van der Waals surface area contributed by atoms with Crippen molar-refractivity contribution in [3.8, 4) is 0 Å². The fraction of sp³-hybridized carbons (Fsp3) is 0.750. The molecule has 0 saturated carbocycles. The van der Waals surface area contributed by atoms with Crippen molar-refractivity contribution < 1.29 is 0 Å². The maximum Gasteiger partial charge on any atom is -0.0207 e. The van der Waals surface area contributed by atoms with Crippen LogP contribution in [0.25, 0.3) is 0 Å². The molecule has 46 valence electrons. The number of allylic oxidation sites excluding steroid dienone is 2. The van der Waals surface area contributed by atoms with Crippen molar-refractivity contribution in [3.63, 3.8) is 0 Å². The number of hydrogen-bond acceptors (Lipinski definition) is 0. The van der Waals surface area contributed by atoms with E-state index in [1.165, 1.54) is 12.8 Å². The predicted molar refractivity (Wildman–Crippen MR) is 36.7 cm³/mol. The zero-order valence-electron chi connectivity index (χ0n) is 5.72. The third-order valence-electron chi connectivity index (χ3n) is 2.09. The first-order valence-electron chi connectivity index (χ1n) is 3.51. The Morgan fingerprint density at radius 1 is 1.62 bits per heavy atom. The van der Waals surface area contributed by atoms with E-state index in [4.69, 9.17) is 0 Å². The van der Waals surface area contributed by atoms with Crippen LogP contribution in [0.2, 0.25) is 0 Å². The highest BCUT2D eigenvalue weighted by Gasteiger charge is 2.14. The molecule has 2 unspecified atom stereocenters. The Balaban J connectivity index is 2.41. The molecule has 0 saturated heterocycles. The molecule has 0 nitrogen and oxygen atoms in total. The average Bonchev–Trinajstić information content (AvgIpc) is 2.14. The summed E-state index contributed by atoms with van der Waals surface area (Å²) in [6.45, 7) is 4.59. The number of rotatable bonds is 1. The minimum atomic E-state index is 0.884. The van der Waals surface area contributed by atoms with Gasteiger partial charge in [-0.1, -0.05) is 26.0 Å². The van der Waals surface area contributed by atoms with Crippen LogP contribution in [-0.4, -0.2) is 0 Å². The van der Waals surface area contributed by atoms with Crippen LogP contribution in [0.1, 0.15) is 26.7 Å². The minimum absolute atomic E-state index is 0.884. The summed E-state index contributed by atoms with van der Waals surface area (Å²) in [7, 11) is 0. The van der Waals surface area contributed by atoms with Crippen molar-refractivity contribution in [1.82, 2.24) is 0 Å². The van der Waals surface area contributed by atoms with Gasteiger partial charge in [0.25, 0.3) is 0 Å². The van der Waals surface area contributed by atoms with E-state index in [9.17, 15) is 0 Å². The molecule has 1 rings (SSSR count). The van der Waals surface area contributed by atoms with Gasteiger partial charge in [-0.25, -0.2) is 0 Å². The first-order valence-corrected chi connectivity index (χ1v) is 3.51. The SMILES string of the molecule is CCC1C=CCC1C. The second-order valence-electron chi connectivity index (χ2n) is 2.71. The van der Waals surface area contributed by atoms with E-state index < -0.39 is 0 Å². The normalized spacial score (nSPS) is 36.2. The third kappa shape index (κ3) is 0.936. The zero-order chi connectivity index (χ0) is 5.98. The lowest BCUT2D eigenvalue weighted by atomic mass is 9.96. The molecule has 0 heteroatoms. The summed E-state index contributed by atoms with van der Waals surface area (Å²) in [5.41, 5.74) is 0. The van der Waals surface area contributed by atoms with Gasteiger partial charge in [0, 0.05) is 0 Å². The lowest BCUT2D eigenvalue weighted by Crippen LogP contribution is -2.00. The summed E-state index contributed by atoms with van der Waals surface area (Å²) in [6, 6.07) is 0. The Hall–Kier alpha value is -0.260. The fourth-order valence-electron chi connectivity index (χ4n) is 1.37. The Kier molecular flexibility index (Phi) is 1.72. The van der Waals surface area contributed by atoms with Crippen LogP contribution in [0, 0.1) is 11.8 Å². The predicted octanol–water partition coefficient (Wildman–Crippen LogP) is 2.61. The van der Waals surface area contributed by atoms with Crippen LogP contribution in [0.3, 0.4) is 0 Å². The van der Waals surface area contributed by atoms with Gasteiger partial charge in [-0.3, -0.25) is 0 Å².